The normalized spacial score (nSPS) is 10.9. The molecule has 0 aliphatic heterocycles. The molecule has 49 heavy (non-hydrogen) atoms. The zero-order valence-electron chi connectivity index (χ0n) is 26.7. The highest BCUT2D eigenvalue weighted by molar-refractivity contribution is 5.80. The molecule has 7 aromatic carbocycles. The summed E-state index contributed by atoms with van der Waals surface area (Å²) < 4.78 is 0. The van der Waals surface area contributed by atoms with E-state index < -0.39 is 0 Å². The van der Waals surface area contributed by atoms with Gasteiger partial charge in [0.2, 0.25) is 0 Å². The van der Waals surface area contributed by atoms with Crippen molar-refractivity contribution in [3.8, 4) is 0 Å². The molecule has 2 nitrogen and oxygen atoms in total. The topological polar surface area (TPSA) is 6.48 Å². The van der Waals surface area contributed by atoms with E-state index >= 15 is 0 Å². The minimum Gasteiger partial charge on any atom is -0.311 e. The van der Waals surface area contributed by atoms with E-state index in [4.69, 9.17) is 0 Å². The van der Waals surface area contributed by atoms with Crippen molar-refractivity contribution in [2.45, 2.75) is 7.43 Å². The Morgan fingerprint density at radius 2 is 0.408 bits per heavy atom. The highest BCUT2D eigenvalue weighted by atomic mass is 15.1. The molecular formula is C47H40N2. The first kappa shape index (κ1) is 32.6. The fourth-order valence-electron chi connectivity index (χ4n) is 5.77. The lowest BCUT2D eigenvalue weighted by atomic mass is 10.1. The second kappa shape index (κ2) is 15.9. The van der Waals surface area contributed by atoms with Gasteiger partial charge in [-0.05, 0) is 95.1 Å². The van der Waals surface area contributed by atoms with Gasteiger partial charge >= 0.3 is 0 Å². The number of para-hydroxylation sites is 4. The molecular weight excluding hydrogens is 593 g/mol. The van der Waals surface area contributed by atoms with Gasteiger partial charge in [-0.1, -0.05) is 153 Å². The Hall–Kier alpha value is -6.38. The standard InChI is InChI=1S/C46H36N2.CH4/c1-5-13-41(14-6-1)47(42-15-7-2-8-16-42)45-33-29-39(30-34-45)27-25-37-21-23-38(24-22-37)26-28-40-31-35-46(36-32-40)48(43-17-9-3-10-18-43)44-19-11-4-12-20-44;/h1-36H;1H4. The fraction of sp³-hybridized carbons (Fsp3) is 0.0213. The Labute approximate surface area is 291 Å². The second-order valence-corrected chi connectivity index (χ2v) is 11.5. The summed E-state index contributed by atoms with van der Waals surface area (Å²) in [6.45, 7) is 0. The molecule has 7 rings (SSSR count). The summed E-state index contributed by atoms with van der Waals surface area (Å²) >= 11 is 0. The molecule has 0 saturated heterocycles. The monoisotopic (exact) mass is 632 g/mol. The molecule has 0 N–H and O–H groups in total. The van der Waals surface area contributed by atoms with E-state index in [2.05, 4.69) is 228 Å². The lowest BCUT2D eigenvalue weighted by molar-refractivity contribution is 1.28. The van der Waals surface area contributed by atoms with Crippen molar-refractivity contribution >= 4 is 58.4 Å². The Morgan fingerprint density at radius 3 is 0.633 bits per heavy atom. The van der Waals surface area contributed by atoms with Gasteiger partial charge in [-0.25, -0.2) is 0 Å². The third-order valence-electron chi connectivity index (χ3n) is 8.23. The van der Waals surface area contributed by atoms with Crippen LogP contribution >= 0.6 is 0 Å². The molecule has 0 unspecified atom stereocenters. The first-order chi connectivity index (χ1) is 23.8. The largest absolute Gasteiger partial charge is 0.311 e. The minimum absolute atomic E-state index is 0. The molecule has 238 valence electrons. The number of anilines is 6. The van der Waals surface area contributed by atoms with Gasteiger partial charge < -0.3 is 9.80 Å². The molecule has 0 aliphatic rings. The van der Waals surface area contributed by atoms with E-state index in [0.29, 0.717) is 0 Å². The molecule has 0 saturated carbocycles. The lowest BCUT2D eigenvalue weighted by Gasteiger charge is -2.25. The summed E-state index contributed by atoms with van der Waals surface area (Å²) in [6, 6.07) is 68.0. The average molecular weight is 633 g/mol. The maximum absolute atomic E-state index is 2.28. The summed E-state index contributed by atoms with van der Waals surface area (Å²) in [6.07, 6.45) is 8.66. The number of hydrogen-bond acceptors (Lipinski definition) is 2. The SMILES string of the molecule is C.C(=Cc1ccc(N(c2ccccc2)c2ccccc2)cc1)c1ccc(C=Cc2ccc(N(c3ccccc3)c3ccccc3)cc2)cc1. The third-order valence-corrected chi connectivity index (χ3v) is 8.23. The van der Waals surface area contributed by atoms with Gasteiger partial charge in [-0.15, -0.1) is 0 Å². The minimum atomic E-state index is 0. The second-order valence-electron chi connectivity index (χ2n) is 11.5. The van der Waals surface area contributed by atoms with Gasteiger partial charge in [0.15, 0.2) is 0 Å². The smallest absolute Gasteiger partial charge is 0.0462 e. The van der Waals surface area contributed by atoms with Crippen molar-refractivity contribution < 1.29 is 0 Å². The van der Waals surface area contributed by atoms with Crippen LogP contribution in [0.1, 0.15) is 29.7 Å². The fourth-order valence-corrected chi connectivity index (χ4v) is 5.77. The molecule has 0 fully saturated rings. The predicted molar refractivity (Wildman–Crippen MR) is 213 cm³/mol. The summed E-state index contributed by atoms with van der Waals surface area (Å²) in [5.41, 5.74) is 11.4. The van der Waals surface area contributed by atoms with Crippen LogP contribution in [0.4, 0.5) is 34.1 Å². The Bertz CT molecular complexity index is 1830. The first-order valence-electron chi connectivity index (χ1n) is 16.3. The van der Waals surface area contributed by atoms with Crippen LogP contribution in [0.5, 0.6) is 0 Å². The Morgan fingerprint density at radius 1 is 0.224 bits per heavy atom. The van der Waals surface area contributed by atoms with Crippen molar-refractivity contribution in [3.63, 3.8) is 0 Å². The van der Waals surface area contributed by atoms with E-state index in [1.807, 2.05) is 0 Å². The number of rotatable bonds is 10. The van der Waals surface area contributed by atoms with Gasteiger partial charge in [-0.2, -0.15) is 0 Å². The van der Waals surface area contributed by atoms with Crippen LogP contribution in [0.2, 0.25) is 0 Å². The van der Waals surface area contributed by atoms with Crippen molar-refractivity contribution in [2.75, 3.05) is 9.80 Å². The van der Waals surface area contributed by atoms with Crippen LogP contribution < -0.4 is 9.80 Å². The van der Waals surface area contributed by atoms with Crippen LogP contribution in [-0.4, -0.2) is 0 Å². The van der Waals surface area contributed by atoms with E-state index in [1.165, 1.54) is 0 Å². The van der Waals surface area contributed by atoms with E-state index in [1.54, 1.807) is 0 Å². The van der Waals surface area contributed by atoms with Gasteiger partial charge in [0.1, 0.15) is 0 Å². The zero-order chi connectivity index (χ0) is 32.4. The van der Waals surface area contributed by atoms with E-state index in [9.17, 15) is 0 Å². The van der Waals surface area contributed by atoms with Crippen LogP contribution in [0, 0.1) is 0 Å². The van der Waals surface area contributed by atoms with Crippen molar-refractivity contribution in [2.24, 2.45) is 0 Å². The molecule has 0 radical (unpaired) electrons. The number of hydrogen-bond donors (Lipinski definition) is 0. The van der Waals surface area contributed by atoms with Crippen molar-refractivity contribution in [3.05, 3.63) is 216 Å². The summed E-state index contributed by atoms with van der Waals surface area (Å²) in [7, 11) is 0. The predicted octanol–water partition coefficient (Wildman–Crippen LogP) is 13.6. The van der Waals surface area contributed by atoms with Gasteiger partial charge in [0, 0.05) is 34.1 Å². The first-order valence-corrected chi connectivity index (χ1v) is 16.3. The maximum atomic E-state index is 2.28. The Kier molecular flexibility index (Phi) is 10.6. The lowest BCUT2D eigenvalue weighted by Crippen LogP contribution is -2.09. The molecule has 0 spiro atoms. The van der Waals surface area contributed by atoms with E-state index in [0.717, 1.165) is 56.4 Å². The molecule has 7 aromatic rings. The highest BCUT2D eigenvalue weighted by Crippen LogP contribution is 2.35. The van der Waals surface area contributed by atoms with Crippen LogP contribution in [0.15, 0.2) is 194 Å². The van der Waals surface area contributed by atoms with Crippen molar-refractivity contribution in [1.29, 1.82) is 0 Å². The molecule has 0 heterocycles. The van der Waals surface area contributed by atoms with E-state index in [-0.39, 0.29) is 7.43 Å². The summed E-state index contributed by atoms with van der Waals surface area (Å²) in [5.74, 6) is 0. The maximum Gasteiger partial charge on any atom is 0.0462 e. The molecule has 0 atom stereocenters. The molecule has 0 aromatic heterocycles. The highest BCUT2D eigenvalue weighted by Gasteiger charge is 2.12. The molecule has 0 bridgehead atoms. The average Bonchev–Trinajstić information content (AvgIpc) is 3.17. The number of benzene rings is 7. The molecule has 0 aliphatic carbocycles. The molecule has 0 amide bonds. The third kappa shape index (κ3) is 8.13. The zero-order valence-corrected chi connectivity index (χ0v) is 26.7. The van der Waals surface area contributed by atoms with Crippen molar-refractivity contribution in [1.82, 2.24) is 0 Å². The summed E-state index contributed by atoms with van der Waals surface area (Å²) in [5, 5.41) is 0. The van der Waals surface area contributed by atoms with Gasteiger partial charge in [0.05, 0.1) is 0 Å². The van der Waals surface area contributed by atoms with Crippen LogP contribution in [0.25, 0.3) is 24.3 Å². The molecule has 2 heteroatoms. The number of nitrogens with zero attached hydrogens (tertiary/aromatic N) is 2. The van der Waals surface area contributed by atoms with Gasteiger partial charge in [-0.3, -0.25) is 0 Å². The quantitative estimate of drug-likeness (QED) is 0.138. The Balaban J connectivity index is 0.00000417. The van der Waals surface area contributed by atoms with Crippen LogP contribution in [0.3, 0.4) is 0 Å². The summed E-state index contributed by atoms with van der Waals surface area (Å²) in [4.78, 5) is 4.55. The van der Waals surface area contributed by atoms with Crippen LogP contribution in [-0.2, 0) is 0 Å². The van der Waals surface area contributed by atoms with Gasteiger partial charge in [0.25, 0.3) is 0 Å².